The number of hydrogen-bond donors (Lipinski definition) is 1. The van der Waals surface area contributed by atoms with Crippen LogP contribution in [0.5, 0.6) is 0 Å². The molecule has 5 nitrogen and oxygen atoms in total. The minimum absolute atomic E-state index is 0.130. The zero-order valence-electron chi connectivity index (χ0n) is 15.6. The molecule has 0 bridgehead atoms. The van der Waals surface area contributed by atoms with E-state index in [0.29, 0.717) is 13.0 Å². The van der Waals surface area contributed by atoms with Crippen LogP contribution < -0.4 is 5.32 Å². The molecule has 140 valence electrons. The number of nitrogens with zero attached hydrogens (tertiary/aromatic N) is 2. The average molecular weight is 355 g/mol. The summed E-state index contributed by atoms with van der Waals surface area (Å²) in [5, 5.41) is 3.29. The summed E-state index contributed by atoms with van der Waals surface area (Å²) < 4.78 is 0. The van der Waals surface area contributed by atoms with Gasteiger partial charge in [0.05, 0.1) is 5.54 Å². The average Bonchev–Trinajstić information content (AvgIpc) is 3.01. The zero-order valence-corrected chi connectivity index (χ0v) is 15.6. The molecule has 0 radical (unpaired) electrons. The quantitative estimate of drug-likeness (QED) is 0.883. The zero-order chi connectivity index (χ0) is 18.1. The Bertz CT molecular complexity index is 669. The monoisotopic (exact) mass is 355 g/mol. The third kappa shape index (κ3) is 3.25. The summed E-state index contributed by atoms with van der Waals surface area (Å²) in [6, 6.07) is 10.4. The van der Waals surface area contributed by atoms with Crippen LogP contribution in [0.2, 0.25) is 0 Å². The van der Waals surface area contributed by atoms with Gasteiger partial charge < -0.3 is 15.1 Å². The lowest BCUT2D eigenvalue weighted by atomic mass is 9.76. The standard InChI is InChI=1S/C21H29N3O2/c1-23-12-9-17(10-13-23)20(26)24-14-18(16-6-3-2-4-7-16)21(15-24)11-5-8-19(25)22-21/h2-4,6-7,17-18H,5,8-15H2,1H3,(H,22,25)/t18-,21+/m0/s1. The Morgan fingerprint density at radius 2 is 1.92 bits per heavy atom. The van der Waals surface area contributed by atoms with Gasteiger partial charge in [-0.25, -0.2) is 0 Å². The summed E-state index contributed by atoms with van der Waals surface area (Å²) in [6.45, 7) is 3.36. The number of nitrogens with one attached hydrogen (secondary N) is 1. The van der Waals surface area contributed by atoms with E-state index in [9.17, 15) is 9.59 Å². The summed E-state index contributed by atoms with van der Waals surface area (Å²) in [4.78, 5) is 29.7. The van der Waals surface area contributed by atoms with Crippen molar-refractivity contribution in [1.82, 2.24) is 15.1 Å². The molecule has 3 saturated heterocycles. The first-order chi connectivity index (χ1) is 12.6. The summed E-state index contributed by atoms with van der Waals surface area (Å²) in [5.41, 5.74) is 0.936. The van der Waals surface area contributed by atoms with E-state index in [2.05, 4.69) is 41.5 Å². The van der Waals surface area contributed by atoms with Crippen LogP contribution in [0.3, 0.4) is 0 Å². The van der Waals surface area contributed by atoms with Crippen LogP contribution in [-0.4, -0.2) is 60.4 Å². The number of likely N-dealkylation sites (tertiary alicyclic amines) is 2. The fraction of sp³-hybridized carbons (Fsp3) is 0.619. The van der Waals surface area contributed by atoms with Crippen LogP contribution in [0.1, 0.15) is 43.6 Å². The molecule has 5 heteroatoms. The Kier molecular flexibility index (Phi) is 4.74. The molecule has 4 rings (SSSR count). The fourth-order valence-corrected chi connectivity index (χ4v) is 5.05. The van der Waals surface area contributed by atoms with Gasteiger partial charge in [-0.05, 0) is 51.4 Å². The SMILES string of the molecule is CN1CCC(C(=O)N2C[C@@H](c3ccccc3)[C@@]3(CCCC(=O)N3)C2)CC1. The van der Waals surface area contributed by atoms with E-state index in [1.54, 1.807) is 0 Å². The molecule has 2 amide bonds. The minimum atomic E-state index is -0.294. The van der Waals surface area contributed by atoms with Crippen molar-refractivity contribution in [3.05, 3.63) is 35.9 Å². The molecular weight excluding hydrogens is 326 g/mol. The molecule has 1 aromatic carbocycles. The summed E-state index contributed by atoms with van der Waals surface area (Å²) >= 11 is 0. The highest BCUT2D eigenvalue weighted by molar-refractivity contribution is 5.81. The number of amides is 2. The number of piperidine rings is 2. The van der Waals surface area contributed by atoms with Gasteiger partial charge in [-0.15, -0.1) is 0 Å². The van der Waals surface area contributed by atoms with Gasteiger partial charge in [-0.3, -0.25) is 9.59 Å². The third-order valence-electron chi connectivity index (χ3n) is 6.54. The van der Waals surface area contributed by atoms with Gasteiger partial charge in [0.2, 0.25) is 11.8 Å². The van der Waals surface area contributed by atoms with E-state index >= 15 is 0 Å². The van der Waals surface area contributed by atoms with Gasteiger partial charge in [-0.2, -0.15) is 0 Å². The van der Waals surface area contributed by atoms with Gasteiger partial charge in [0.25, 0.3) is 0 Å². The van der Waals surface area contributed by atoms with E-state index in [4.69, 9.17) is 0 Å². The van der Waals surface area contributed by atoms with E-state index in [1.807, 2.05) is 11.0 Å². The predicted octanol–water partition coefficient (Wildman–Crippen LogP) is 1.99. The molecule has 3 fully saturated rings. The molecule has 3 aliphatic rings. The van der Waals surface area contributed by atoms with Crippen molar-refractivity contribution in [3.8, 4) is 0 Å². The van der Waals surface area contributed by atoms with Crippen LogP contribution in [0.25, 0.3) is 0 Å². The molecule has 0 aromatic heterocycles. The summed E-state index contributed by atoms with van der Waals surface area (Å²) in [5.74, 6) is 0.738. The lowest BCUT2D eigenvalue weighted by Crippen LogP contribution is -2.56. The van der Waals surface area contributed by atoms with Gasteiger partial charge in [0.1, 0.15) is 0 Å². The molecule has 26 heavy (non-hydrogen) atoms. The van der Waals surface area contributed by atoms with Gasteiger partial charge in [0.15, 0.2) is 0 Å². The molecule has 0 saturated carbocycles. The maximum Gasteiger partial charge on any atom is 0.225 e. The summed E-state index contributed by atoms with van der Waals surface area (Å²) in [7, 11) is 2.12. The largest absolute Gasteiger partial charge is 0.348 e. The van der Waals surface area contributed by atoms with Gasteiger partial charge in [-0.1, -0.05) is 30.3 Å². The normalized spacial score (nSPS) is 30.6. The summed E-state index contributed by atoms with van der Waals surface area (Å²) in [6.07, 6.45) is 4.36. The topological polar surface area (TPSA) is 52.7 Å². The molecule has 1 spiro atoms. The second kappa shape index (κ2) is 7.03. The molecule has 3 aliphatic heterocycles. The Labute approximate surface area is 155 Å². The number of benzene rings is 1. The molecule has 2 atom stereocenters. The smallest absolute Gasteiger partial charge is 0.225 e. The molecule has 1 N–H and O–H groups in total. The molecular formula is C21H29N3O2. The van der Waals surface area contributed by atoms with E-state index in [1.165, 1.54) is 5.56 Å². The van der Waals surface area contributed by atoms with Gasteiger partial charge >= 0.3 is 0 Å². The Balaban J connectivity index is 1.57. The first-order valence-corrected chi connectivity index (χ1v) is 9.91. The van der Waals surface area contributed by atoms with E-state index in [-0.39, 0.29) is 29.2 Å². The molecule has 0 aliphatic carbocycles. The first kappa shape index (κ1) is 17.5. The van der Waals surface area contributed by atoms with Crippen LogP contribution in [0.15, 0.2) is 30.3 Å². The van der Waals surface area contributed by atoms with Crippen molar-refractivity contribution in [1.29, 1.82) is 0 Å². The van der Waals surface area contributed by atoms with Crippen molar-refractivity contribution >= 4 is 11.8 Å². The fourth-order valence-electron chi connectivity index (χ4n) is 5.05. The number of hydrogen-bond acceptors (Lipinski definition) is 3. The third-order valence-corrected chi connectivity index (χ3v) is 6.54. The Morgan fingerprint density at radius 1 is 1.19 bits per heavy atom. The van der Waals surface area contributed by atoms with Crippen LogP contribution in [-0.2, 0) is 9.59 Å². The number of rotatable bonds is 2. The maximum absolute atomic E-state index is 13.2. The highest BCUT2D eigenvalue weighted by Gasteiger charge is 2.51. The second-order valence-corrected chi connectivity index (χ2v) is 8.32. The van der Waals surface area contributed by atoms with Crippen LogP contribution in [0.4, 0.5) is 0 Å². The van der Waals surface area contributed by atoms with Crippen molar-refractivity contribution in [2.45, 2.75) is 43.6 Å². The van der Waals surface area contributed by atoms with E-state index < -0.39 is 0 Å². The lowest BCUT2D eigenvalue weighted by molar-refractivity contribution is -0.136. The van der Waals surface area contributed by atoms with Crippen molar-refractivity contribution in [2.75, 3.05) is 33.2 Å². The molecule has 1 aromatic rings. The van der Waals surface area contributed by atoms with E-state index in [0.717, 1.165) is 45.3 Å². The van der Waals surface area contributed by atoms with Crippen molar-refractivity contribution in [2.24, 2.45) is 5.92 Å². The van der Waals surface area contributed by atoms with Gasteiger partial charge in [0, 0.05) is 31.3 Å². The first-order valence-electron chi connectivity index (χ1n) is 9.91. The molecule has 3 heterocycles. The predicted molar refractivity (Wildman–Crippen MR) is 101 cm³/mol. The number of carbonyl (C=O) groups excluding carboxylic acids is 2. The maximum atomic E-state index is 13.2. The van der Waals surface area contributed by atoms with Crippen molar-refractivity contribution < 1.29 is 9.59 Å². The van der Waals surface area contributed by atoms with Crippen LogP contribution in [0, 0.1) is 5.92 Å². The second-order valence-electron chi connectivity index (χ2n) is 8.32. The van der Waals surface area contributed by atoms with Crippen LogP contribution >= 0.6 is 0 Å². The highest BCUT2D eigenvalue weighted by Crippen LogP contribution is 2.42. The van der Waals surface area contributed by atoms with Crippen molar-refractivity contribution in [3.63, 3.8) is 0 Å². The minimum Gasteiger partial charge on any atom is -0.348 e. The molecule has 0 unspecified atom stereocenters. The lowest BCUT2D eigenvalue weighted by Gasteiger charge is -2.39. The Morgan fingerprint density at radius 3 is 2.62 bits per heavy atom. The highest BCUT2D eigenvalue weighted by atomic mass is 16.2. The number of carbonyl (C=O) groups is 2. The Hall–Kier alpha value is -1.88.